The second-order valence-electron chi connectivity index (χ2n) is 7.24. The first kappa shape index (κ1) is 19.5. The lowest BCUT2D eigenvalue weighted by atomic mass is 9.90. The number of halogens is 1. The van der Waals surface area contributed by atoms with Crippen LogP contribution in [0.5, 0.6) is 11.5 Å². The van der Waals surface area contributed by atoms with Gasteiger partial charge in [-0.15, -0.1) is 0 Å². The van der Waals surface area contributed by atoms with Crippen molar-refractivity contribution in [3.05, 3.63) is 58.1 Å². The maximum atomic E-state index is 10.4. The van der Waals surface area contributed by atoms with E-state index in [1.165, 1.54) is 0 Å². The van der Waals surface area contributed by atoms with Crippen molar-refractivity contribution in [3.8, 4) is 11.5 Å². The minimum atomic E-state index is -1.27. The summed E-state index contributed by atoms with van der Waals surface area (Å²) >= 11 is 6.40. The molecule has 2 aromatic rings. The third kappa shape index (κ3) is 3.71. The van der Waals surface area contributed by atoms with Gasteiger partial charge in [-0.2, -0.15) is 0 Å². The Morgan fingerprint density at radius 1 is 0.929 bits per heavy atom. The van der Waals surface area contributed by atoms with E-state index in [-0.39, 0.29) is 0 Å². The number of benzene rings is 2. The Kier molecular flexibility index (Phi) is 5.49. The van der Waals surface area contributed by atoms with E-state index >= 15 is 0 Å². The molecule has 7 heteroatoms. The molecule has 1 fully saturated rings. The number of rotatable bonds is 3. The number of hydrogen-bond donors (Lipinski definition) is 3. The summed E-state index contributed by atoms with van der Waals surface area (Å²) in [5, 5.41) is 30.9. The Hall–Kier alpha value is -1.83. The van der Waals surface area contributed by atoms with Crippen LogP contribution in [-0.4, -0.2) is 52.9 Å². The van der Waals surface area contributed by atoms with Gasteiger partial charge in [-0.05, 0) is 48.2 Å². The van der Waals surface area contributed by atoms with Crippen LogP contribution in [-0.2, 0) is 11.2 Å². The molecule has 2 heterocycles. The van der Waals surface area contributed by atoms with Crippen molar-refractivity contribution in [2.24, 2.45) is 0 Å². The summed E-state index contributed by atoms with van der Waals surface area (Å²) in [6.45, 7) is 2.73. The Bertz CT molecular complexity index is 857. The highest BCUT2D eigenvalue weighted by molar-refractivity contribution is 6.31. The number of ether oxygens (including phenoxy) is 3. The van der Waals surface area contributed by atoms with Crippen molar-refractivity contribution in [2.45, 2.75) is 43.9 Å². The van der Waals surface area contributed by atoms with E-state index in [1.807, 2.05) is 24.3 Å². The van der Waals surface area contributed by atoms with Gasteiger partial charge in [0, 0.05) is 5.02 Å². The fourth-order valence-corrected chi connectivity index (χ4v) is 3.84. The maximum Gasteiger partial charge on any atom is 0.161 e. The van der Waals surface area contributed by atoms with E-state index in [9.17, 15) is 15.3 Å². The van der Waals surface area contributed by atoms with Crippen molar-refractivity contribution >= 4 is 11.6 Å². The fraction of sp³-hybridized carbons (Fsp3) is 0.429. The zero-order valence-electron chi connectivity index (χ0n) is 15.4. The van der Waals surface area contributed by atoms with Gasteiger partial charge < -0.3 is 29.5 Å². The van der Waals surface area contributed by atoms with Crippen molar-refractivity contribution in [3.63, 3.8) is 0 Å². The second-order valence-corrected chi connectivity index (χ2v) is 7.65. The lowest BCUT2D eigenvalue weighted by molar-refractivity contribution is -0.219. The van der Waals surface area contributed by atoms with Gasteiger partial charge in [-0.25, -0.2) is 0 Å². The summed E-state index contributed by atoms with van der Waals surface area (Å²) in [4.78, 5) is 0. The molecule has 0 aliphatic carbocycles. The van der Waals surface area contributed by atoms with Crippen LogP contribution < -0.4 is 9.47 Å². The molecule has 0 amide bonds. The molecule has 0 aromatic heterocycles. The van der Waals surface area contributed by atoms with Crippen LogP contribution in [0, 0.1) is 0 Å². The molecule has 2 aromatic carbocycles. The van der Waals surface area contributed by atoms with Crippen molar-refractivity contribution in [1.29, 1.82) is 0 Å². The second kappa shape index (κ2) is 7.89. The van der Waals surface area contributed by atoms with Crippen molar-refractivity contribution in [1.82, 2.24) is 0 Å². The first-order valence-corrected chi connectivity index (χ1v) is 9.68. The first-order valence-electron chi connectivity index (χ1n) is 9.30. The molecule has 3 N–H and O–H groups in total. The van der Waals surface area contributed by atoms with Crippen molar-refractivity contribution < 1.29 is 29.5 Å². The molecule has 4 rings (SSSR count). The summed E-state index contributed by atoms with van der Waals surface area (Å²) in [5.74, 6) is 1.45. The van der Waals surface area contributed by atoms with E-state index in [2.05, 4.69) is 0 Å². The molecule has 0 radical (unpaired) electrons. The van der Waals surface area contributed by atoms with E-state index in [1.54, 1.807) is 19.1 Å². The first-order chi connectivity index (χ1) is 13.4. The molecule has 150 valence electrons. The maximum absolute atomic E-state index is 10.4. The normalized spacial score (nSPS) is 29.5. The summed E-state index contributed by atoms with van der Waals surface area (Å²) in [7, 11) is 0. The lowest BCUT2D eigenvalue weighted by Gasteiger charge is -2.39. The summed E-state index contributed by atoms with van der Waals surface area (Å²) < 4.78 is 16.9. The Labute approximate surface area is 168 Å². The van der Waals surface area contributed by atoms with E-state index in [4.69, 9.17) is 25.8 Å². The van der Waals surface area contributed by atoms with E-state index in [0.717, 1.165) is 16.9 Å². The minimum Gasteiger partial charge on any atom is -0.486 e. The third-order valence-corrected chi connectivity index (χ3v) is 5.62. The molecule has 28 heavy (non-hydrogen) atoms. The predicted octanol–water partition coefficient (Wildman–Crippen LogP) is 2.24. The fourth-order valence-electron chi connectivity index (χ4n) is 3.65. The van der Waals surface area contributed by atoms with Crippen LogP contribution in [0.15, 0.2) is 36.4 Å². The minimum absolute atomic E-state index is 0.524. The third-order valence-electron chi connectivity index (χ3n) is 5.25. The van der Waals surface area contributed by atoms with Gasteiger partial charge >= 0.3 is 0 Å². The van der Waals surface area contributed by atoms with Crippen molar-refractivity contribution in [2.75, 3.05) is 13.2 Å². The summed E-state index contributed by atoms with van der Waals surface area (Å²) in [5.41, 5.74) is 2.57. The topological polar surface area (TPSA) is 88.4 Å². The quantitative estimate of drug-likeness (QED) is 0.724. The van der Waals surface area contributed by atoms with Crippen LogP contribution in [0.1, 0.15) is 29.7 Å². The molecule has 0 bridgehead atoms. The van der Waals surface area contributed by atoms with Crippen LogP contribution in [0.3, 0.4) is 0 Å². The highest BCUT2D eigenvalue weighted by Crippen LogP contribution is 2.35. The number of aliphatic hydroxyl groups excluding tert-OH is 3. The number of aliphatic hydroxyl groups is 3. The SMILES string of the molecule is C[C@H]1O[C@@H](c2ccc(Cl)c(Cc3ccc4c(c3)OCCO4)c2)[C@H](O)[C@@H](O)[C@@H]1O. The average molecular weight is 407 g/mol. The highest BCUT2D eigenvalue weighted by atomic mass is 35.5. The van der Waals surface area contributed by atoms with Crippen LogP contribution in [0.25, 0.3) is 0 Å². The predicted molar refractivity (Wildman–Crippen MR) is 103 cm³/mol. The summed E-state index contributed by atoms with van der Waals surface area (Å²) in [6.07, 6.45) is -4.41. The largest absolute Gasteiger partial charge is 0.486 e. The average Bonchev–Trinajstić information content (AvgIpc) is 2.71. The van der Waals surface area contributed by atoms with E-state index in [0.29, 0.717) is 36.0 Å². The van der Waals surface area contributed by atoms with Gasteiger partial charge in [-0.1, -0.05) is 29.8 Å². The smallest absolute Gasteiger partial charge is 0.161 e. The molecule has 0 unspecified atom stereocenters. The Balaban J connectivity index is 1.59. The van der Waals surface area contributed by atoms with Gasteiger partial charge in [-0.3, -0.25) is 0 Å². The van der Waals surface area contributed by atoms with Gasteiger partial charge in [0.1, 0.15) is 37.6 Å². The number of fused-ring (bicyclic) bond motifs is 1. The van der Waals surface area contributed by atoms with Crippen LogP contribution >= 0.6 is 11.6 Å². The van der Waals surface area contributed by atoms with Gasteiger partial charge in [0.2, 0.25) is 0 Å². The standard InChI is InChI=1S/C21H23ClO6/c1-11-18(23)19(24)20(25)21(28-11)13-3-4-15(22)14(10-13)8-12-2-5-16-17(9-12)27-7-6-26-16/h2-5,9-11,18-21,23-25H,6-8H2,1H3/t11-,18-,19+,20-,21+/m1/s1. The van der Waals surface area contributed by atoms with E-state index < -0.39 is 30.5 Å². The zero-order chi connectivity index (χ0) is 19.8. The monoisotopic (exact) mass is 406 g/mol. The summed E-state index contributed by atoms with van der Waals surface area (Å²) in [6, 6.07) is 11.2. The van der Waals surface area contributed by atoms with Crippen LogP contribution in [0.2, 0.25) is 5.02 Å². The molecule has 0 saturated carbocycles. The van der Waals surface area contributed by atoms with Gasteiger partial charge in [0.05, 0.1) is 6.10 Å². The Morgan fingerprint density at radius 2 is 1.68 bits per heavy atom. The molecule has 2 aliphatic rings. The molecular weight excluding hydrogens is 384 g/mol. The molecule has 2 aliphatic heterocycles. The van der Waals surface area contributed by atoms with Crippen LogP contribution in [0.4, 0.5) is 0 Å². The molecule has 5 atom stereocenters. The molecular formula is C21H23ClO6. The molecule has 1 saturated heterocycles. The van der Waals surface area contributed by atoms with Gasteiger partial charge in [0.15, 0.2) is 11.5 Å². The molecule has 0 spiro atoms. The Morgan fingerprint density at radius 3 is 2.46 bits per heavy atom. The lowest BCUT2D eigenvalue weighted by Crippen LogP contribution is -2.53. The number of hydrogen-bond acceptors (Lipinski definition) is 6. The zero-order valence-corrected chi connectivity index (χ0v) is 16.2. The molecule has 6 nitrogen and oxygen atoms in total. The van der Waals surface area contributed by atoms with Gasteiger partial charge in [0.25, 0.3) is 0 Å². The highest BCUT2D eigenvalue weighted by Gasteiger charge is 2.42.